The summed E-state index contributed by atoms with van der Waals surface area (Å²) >= 11 is 0. The molecular formula is C8H4F7NO2. The Kier molecular flexibility index (Phi) is 3.58. The molecule has 0 fully saturated rings. The van der Waals surface area contributed by atoms with Crippen molar-refractivity contribution in [3.8, 4) is 5.75 Å². The first-order valence-electron chi connectivity index (χ1n) is 4.19. The molecule has 0 aromatic carbocycles. The normalized spacial score (nSPS) is 12.6. The molecule has 1 aromatic heterocycles. The summed E-state index contributed by atoms with van der Waals surface area (Å²) < 4.78 is 88.4. The smallest absolute Gasteiger partial charge is 0.404 e. The molecule has 0 saturated carbocycles. The molecule has 0 atom stereocenters. The number of hydrogen-bond donors (Lipinski definition) is 1. The summed E-state index contributed by atoms with van der Waals surface area (Å²) in [6.45, 7) is -1.93. The molecule has 0 aliphatic carbocycles. The van der Waals surface area contributed by atoms with Crippen LogP contribution >= 0.6 is 0 Å². The fourth-order valence-electron chi connectivity index (χ4n) is 1.20. The average molecular weight is 279 g/mol. The second-order valence-corrected chi connectivity index (χ2v) is 3.01. The monoisotopic (exact) mass is 279 g/mol. The molecule has 1 N–H and O–H groups in total. The van der Waals surface area contributed by atoms with Gasteiger partial charge in [0.2, 0.25) is 0 Å². The van der Waals surface area contributed by atoms with Gasteiger partial charge in [-0.05, 0) is 0 Å². The Morgan fingerprint density at radius 3 is 2.11 bits per heavy atom. The summed E-state index contributed by atoms with van der Waals surface area (Å²) in [6, 6.07) is 0. The third-order valence-corrected chi connectivity index (χ3v) is 1.80. The Morgan fingerprint density at radius 1 is 1.17 bits per heavy atom. The zero-order valence-corrected chi connectivity index (χ0v) is 8.25. The first-order chi connectivity index (χ1) is 8.06. The van der Waals surface area contributed by atoms with E-state index in [4.69, 9.17) is 0 Å². The quantitative estimate of drug-likeness (QED) is 0.846. The number of hydrogen-bond acceptors (Lipinski definition) is 2. The lowest BCUT2D eigenvalue weighted by atomic mass is 10.1. The molecule has 0 saturated heterocycles. The zero-order chi connectivity index (χ0) is 14.1. The Balaban J connectivity index is 3.44. The van der Waals surface area contributed by atoms with Crippen LogP contribution in [0.4, 0.5) is 30.7 Å². The van der Waals surface area contributed by atoms with E-state index in [-0.39, 0.29) is 6.20 Å². The van der Waals surface area contributed by atoms with Crippen molar-refractivity contribution in [3.63, 3.8) is 0 Å². The van der Waals surface area contributed by atoms with Crippen molar-refractivity contribution in [2.45, 2.75) is 19.2 Å². The molecule has 0 bridgehead atoms. The highest BCUT2D eigenvalue weighted by molar-refractivity contribution is 5.38. The van der Waals surface area contributed by atoms with Crippen LogP contribution in [0.25, 0.3) is 0 Å². The van der Waals surface area contributed by atoms with Gasteiger partial charge < -0.3 is 9.72 Å². The van der Waals surface area contributed by atoms with Crippen LogP contribution in [0.5, 0.6) is 5.75 Å². The summed E-state index contributed by atoms with van der Waals surface area (Å²) in [7, 11) is 0. The van der Waals surface area contributed by atoms with Crippen LogP contribution in [0.2, 0.25) is 0 Å². The molecule has 0 unspecified atom stereocenters. The zero-order valence-electron chi connectivity index (χ0n) is 8.25. The number of halogens is 7. The van der Waals surface area contributed by atoms with Gasteiger partial charge >= 0.3 is 12.5 Å². The van der Waals surface area contributed by atoms with Gasteiger partial charge in [0.1, 0.15) is 12.2 Å². The van der Waals surface area contributed by atoms with Crippen molar-refractivity contribution in [3.05, 3.63) is 27.7 Å². The largest absolute Gasteiger partial charge is 0.573 e. The molecular weight excluding hydrogens is 275 g/mol. The number of H-pyrrole nitrogens is 1. The second-order valence-electron chi connectivity index (χ2n) is 3.01. The van der Waals surface area contributed by atoms with Gasteiger partial charge in [-0.2, -0.15) is 13.2 Å². The van der Waals surface area contributed by atoms with E-state index in [0.29, 0.717) is 0 Å². The minimum Gasteiger partial charge on any atom is -0.404 e. The number of aromatic nitrogens is 1. The highest BCUT2D eigenvalue weighted by Gasteiger charge is 2.40. The van der Waals surface area contributed by atoms with Gasteiger partial charge in [-0.15, -0.1) is 13.2 Å². The molecule has 0 amide bonds. The van der Waals surface area contributed by atoms with Gasteiger partial charge in [0.25, 0.3) is 5.56 Å². The van der Waals surface area contributed by atoms with Gasteiger partial charge in [0, 0.05) is 11.8 Å². The molecule has 3 nitrogen and oxygen atoms in total. The van der Waals surface area contributed by atoms with E-state index in [1.165, 1.54) is 4.98 Å². The number of rotatable bonds is 2. The van der Waals surface area contributed by atoms with Gasteiger partial charge in [0.15, 0.2) is 5.75 Å². The van der Waals surface area contributed by atoms with Crippen molar-refractivity contribution in [1.82, 2.24) is 4.98 Å². The van der Waals surface area contributed by atoms with E-state index in [0.717, 1.165) is 0 Å². The maximum atomic E-state index is 12.4. The second kappa shape index (κ2) is 4.50. The Hall–Kier alpha value is -1.74. The molecule has 18 heavy (non-hydrogen) atoms. The topological polar surface area (TPSA) is 42.1 Å². The standard InChI is InChI=1S/C8H4F7NO2/c9-1-3-4(18-8(13,14)15)2-16-6(17)5(3)7(10,11)12/h2H,1H2,(H,16,17). The Bertz CT molecular complexity index is 488. The summed E-state index contributed by atoms with van der Waals surface area (Å²) in [4.78, 5) is 12.3. The molecule has 0 aliphatic rings. The number of aromatic amines is 1. The molecule has 0 aliphatic heterocycles. The maximum Gasteiger partial charge on any atom is 0.573 e. The summed E-state index contributed by atoms with van der Waals surface area (Å²) in [5, 5.41) is 0. The Morgan fingerprint density at radius 2 is 1.72 bits per heavy atom. The fraction of sp³-hybridized carbons (Fsp3) is 0.375. The third kappa shape index (κ3) is 3.14. The molecule has 0 radical (unpaired) electrons. The van der Waals surface area contributed by atoms with Crippen LogP contribution in [0.3, 0.4) is 0 Å². The third-order valence-electron chi connectivity index (χ3n) is 1.80. The summed E-state index contributed by atoms with van der Waals surface area (Å²) in [5.74, 6) is -1.43. The summed E-state index contributed by atoms with van der Waals surface area (Å²) in [5.41, 5.74) is -5.29. The SMILES string of the molecule is O=c1[nH]cc(OC(F)(F)F)c(CF)c1C(F)(F)F. The predicted octanol–water partition coefficient (Wildman–Crippen LogP) is 2.76. The first kappa shape index (κ1) is 14.3. The molecule has 102 valence electrons. The van der Waals surface area contributed by atoms with E-state index < -0.39 is 41.6 Å². The molecule has 1 aromatic rings. The van der Waals surface area contributed by atoms with Crippen molar-refractivity contribution >= 4 is 0 Å². The highest BCUT2D eigenvalue weighted by atomic mass is 19.4. The molecule has 1 rings (SSSR count). The van der Waals surface area contributed by atoms with Crippen molar-refractivity contribution < 1.29 is 35.5 Å². The summed E-state index contributed by atoms with van der Waals surface area (Å²) in [6.07, 6.45) is -10.4. The van der Waals surface area contributed by atoms with Gasteiger partial charge in [-0.25, -0.2) is 4.39 Å². The van der Waals surface area contributed by atoms with Crippen LogP contribution in [-0.4, -0.2) is 11.3 Å². The van der Waals surface area contributed by atoms with E-state index in [1.54, 1.807) is 0 Å². The van der Waals surface area contributed by atoms with Crippen molar-refractivity contribution in [2.24, 2.45) is 0 Å². The number of pyridine rings is 1. The number of alkyl halides is 7. The lowest BCUT2D eigenvalue weighted by molar-refractivity contribution is -0.275. The van der Waals surface area contributed by atoms with Crippen LogP contribution in [0.15, 0.2) is 11.0 Å². The number of nitrogens with one attached hydrogen (secondary N) is 1. The van der Waals surface area contributed by atoms with Crippen LogP contribution in [0, 0.1) is 0 Å². The molecule has 1 heterocycles. The Labute approximate surface area is 94.2 Å². The minimum absolute atomic E-state index is 0.222. The maximum absolute atomic E-state index is 12.4. The first-order valence-corrected chi connectivity index (χ1v) is 4.19. The van der Waals surface area contributed by atoms with Crippen molar-refractivity contribution in [1.29, 1.82) is 0 Å². The van der Waals surface area contributed by atoms with Crippen molar-refractivity contribution in [2.75, 3.05) is 0 Å². The highest BCUT2D eigenvalue weighted by Crippen LogP contribution is 2.35. The lowest BCUT2D eigenvalue weighted by Crippen LogP contribution is -2.26. The van der Waals surface area contributed by atoms with Gasteiger partial charge in [-0.3, -0.25) is 4.79 Å². The fourth-order valence-corrected chi connectivity index (χ4v) is 1.20. The van der Waals surface area contributed by atoms with E-state index in [1.807, 2.05) is 0 Å². The minimum atomic E-state index is -5.30. The van der Waals surface area contributed by atoms with Gasteiger partial charge in [0.05, 0.1) is 0 Å². The van der Waals surface area contributed by atoms with E-state index >= 15 is 0 Å². The lowest BCUT2D eigenvalue weighted by Gasteiger charge is -2.15. The molecule has 0 spiro atoms. The van der Waals surface area contributed by atoms with Crippen LogP contribution in [-0.2, 0) is 12.9 Å². The van der Waals surface area contributed by atoms with E-state index in [9.17, 15) is 35.5 Å². The number of ether oxygens (including phenoxy) is 1. The van der Waals surface area contributed by atoms with Crippen LogP contribution < -0.4 is 10.3 Å². The van der Waals surface area contributed by atoms with E-state index in [2.05, 4.69) is 4.74 Å². The predicted molar refractivity (Wildman–Crippen MR) is 43.6 cm³/mol. The average Bonchev–Trinajstić information content (AvgIpc) is 2.16. The van der Waals surface area contributed by atoms with Crippen LogP contribution in [0.1, 0.15) is 11.1 Å². The molecule has 10 heteroatoms. The van der Waals surface area contributed by atoms with Gasteiger partial charge in [-0.1, -0.05) is 0 Å².